The van der Waals surface area contributed by atoms with Crippen molar-refractivity contribution in [2.45, 2.75) is 73.5 Å². The monoisotopic (exact) mass is 524 g/mol. The number of sulfonamides is 1. The number of methoxy groups -OCH3 is 1. The van der Waals surface area contributed by atoms with E-state index in [4.69, 9.17) is 9.47 Å². The molecule has 37 heavy (non-hydrogen) atoms. The number of hydrogen-bond acceptors (Lipinski definition) is 6. The zero-order valence-electron chi connectivity index (χ0n) is 21.6. The molecule has 2 bridgehead atoms. The molecule has 8 heteroatoms. The first kappa shape index (κ1) is 23.9. The van der Waals surface area contributed by atoms with Crippen LogP contribution in [0.25, 0.3) is 0 Å². The van der Waals surface area contributed by atoms with Crippen molar-refractivity contribution in [3.05, 3.63) is 59.2 Å². The van der Waals surface area contributed by atoms with Crippen LogP contribution in [0.1, 0.15) is 48.8 Å². The molecule has 2 saturated carbocycles. The third-order valence-electron chi connectivity index (χ3n) is 10.0. The fraction of sp³-hybridized carbons (Fsp3) is 0.586. The second-order valence-electron chi connectivity index (χ2n) is 11.8. The zero-order valence-corrected chi connectivity index (χ0v) is 22.4. The molecule has 0 radical (unpaired) electrons. The highest BCUT2D eigenvalue weighted by Gasteiger charge is 2.73. The Morgan fingerprint density at radius 1 is 1.14 bits per heavy atom. The Morgan fingerprint density at radius 2 is 1.92 bits per heavy atom. The van der Waals surface area contributed by atoms with Crippen LogP contribution in [0.2, 0.25) is 0 Å². The predicted octanol–water partition coefficient (Wildman–Crippen LogP) is 3.09. The standard InChI is InChI=1S/C29H36N2O5S/c1-30(37(33,34)18-20-6-4-3-5-7-20)22-12-13-29(32)24-16-21-10-11-23(35-2)26-25(21)28(29,27(22)36-26)14-15-31(24)17-19-8-9-19/h3-7,10-11,19,22,24,27,32H,8-9,12-18H2,1-2H3/t22?,24-,27?,28+,29-/m1/s1. The van der Waals surface area contributed by atoms with Gasteiger partial charge in [-0.2, -0.15) is 4.31 Å². The molecule has 1 spiro atoms. The average Bonchev–Trinajstić information content (AvgIpc) is 3.63. The van der Waals surface area contributed by atoms with Gasteiger partial charge in [-0.1, -0.05) is 36.4 Å². The summed E-state index contributed by atoms with van der Waals surface area (Å²) in [5, 5.41) is 12.7. The molecule has 3 fully saturated rings. The van der Waals surface area contributed by atoms with Crippen LogP contribution < -0.4 is 9.47 Å². The molecule has 7 rings (SSSR count). The molecular weight excluding hydrogens is 488 g/mol. The molecule has 2 unspecified atom stereocenters. The van der Waals surface area contributed by atoms with Gasteiger partial charge in [-0.3, -0.25) is 4.90 Å². The SMILES string of the molecule is COc1ccc2c3c1OC1C(N(C)S(=O)(=O)Cc4ccccc4)CC[C@@]4(O)[C@@H](C2)N(CC2CC2)CC[C@]314. The Bertz CT molecular complexity index is 1330. The van der Waals surface area contributed by atoms with Crippen LogP contribution in [0, 0.1) is 5.92 Å². The summed E-state index contributed by atoms with van der Waals surface area (Å²) in [6.45, 7) is 1.94. The van der Waals surface area contributed by atoms with Crippen molar-refractivity contribution in [2.24, 2.45) is 5.92 Å². The number of aliphatic hydroxyl groups is 1. The molecule has 2 heterocycles. The van der Waals surface area contributed by atoms with E-state index in [1.165, 1.54) is 22.7 Å². The average molecular weight is 525 g/mol. The first-order valence-corrected chi connectivity index (χ1v) is 15.2. The van der Waals surface area contributed by atoms with E-state index >= 15 is 0 Å². The molecule has 0 aromatic heterocycles. The highest BCUT2D eigenvalue weighted by atomic mass is 32.2. The van der Waals surface area contributed by atoms with Gasteiger partial charge in [0.05, 0.1) is 29.9 Å². The Balaban J connectivity index is 1.31. The molecule has 5 aliphatic rings. The minimum absolute atomic E-state index is 0.0203. The van der Waals surface area contributed by atoms with Gasteiger partial charge in [-0.15, -0.1) is 0 Å². The normalized spacial score (nSPS) is 34.2. The number of nitrogens with zero attached hydrogens (tertiary/aromatic N) is 2. The third kappa shape index (κ3) is 3.32. The highest BCUT2D eigenvalue weighted by molar-refractivity contribution is 7.88. The summed E-state index contributed by atoms with van der Waals surface area (Å²) < 4.78 is 41.3. The number of hydrogen-bond donors (Lipinski definition) is 1. The van der Waals surface area contributed by atoms with E-state index in [1.54, 1.807) is 14.2 Å². The van der Waals surface area contributed by atoms with Crippen LogP contribution >= 0.6 is 0 Å². The minimum Gasteiger partial charge on any atom is -0.493 e. The Hall–Kier alpha value is -2.13. The number of piperidine rings is 1. The number of likely N-dealkylation sites (tertiary alicyclic amines) is 1. The summed E-state index contributed by atoms with van der Waals surface area (Å²) in [6.07, 6.45) is 4.77. The van der Waals surface area contributed by atoms with Crippen LogP contribution in [-0.4, -0.2) is 73.8 Å². The largest absolute Gasteiger partial charge is 0.493 e. The van der Waals surface area contributed by atoms with Gasteiger partial charge in [-0.25, -0.2) is 8.42 Å². The molecule has 2 aromatic rings. The summed E-state index contributed by atoms with van der Waals surface area (Å²) in [6, 6.07) is 13.1. The van der Waals surface area contributed by atoms with Gasteiger partial charge in [0.1, 0.15) is 6.10 Å². The Morgan fingerprint density at radius 3 is 2.65 bits per heavy atom. The molecule has 5 atom stereocenters. The molecule has 3 aliphatic carbocycles. The van der Waals surface area contributed by atoms with Crippen molar-refractivity contribution in [1.82, 2.24) is 9.21 Å². The summed E-state index contributed by atoms with van der Waals surface area (Å²) in [5.41, 5.74) is 1.44. The van der Waals surface area contributed by atoms with E-state index in [1.807, 2.05) is 36.4 Å². The van der Waals surface area contributed by atoms with Crippen LogP contribution in [0.4, 0.5) is 0 Å². The maximum Gasteiger partial charge on any atom is 0.218 e. The molecule has 2 aliphatic heterocycles. The Kier molecular flexibility index (Phi) is 5.30. The van der Waals surface area contributed by atoms with Gasteiger partial charge in [0.2, 0.25) is 10.0 Å². The van der Waals surface area contributed by atoms with Gasteiger partial charge < -0.3 is 14.6 Å². The molecule has 198 valence electrons. The molecule has 7 nitrogen and oxygen atoms in total. The van der Waals surface area contributed by atoms with E-state index in [0.717, 1.165) is 43.0 Å². The lowest BCUT2D eigenvalue weighted by Crippen LogP contribution is -2.78. The van der Waals surface area contributed by atoms with Crippen molar-refractivity contribution >= 4 is 10.0 Å². The smallest absolute Gasteiger partial charge is 0.218 e. The topological polar surface area (TPSA) is 79.3 Å². The van der Waals surface area contributed by atoms with Gasteiger partial charge in [0.25, 0.3) is 0 Å². The van der Waals surface area contributed by atoms with Crippen LogP contribution in [0.15, 0.2) is 42.5 Å². The fourth-order valence-electron chi connectivity index (χ4n) is 8.07. The van der Waals surface area contributed by atoms with Crippen molar-refractivity contribution < 1.29 is 23.0 Å². The van der Waals surface area contributed by atoms with E-state index in [-0.39, 0.29) is 17.8 Å². The van der Waals surface area contributed by atoms with Crippen LogP contribution in [0.5, 0.6) is 11.5 Å². The minimum atomic E-state index is -3.60. The lowest BCUT2D eigenvalue weighted by molar-refractivity contribution is -0.195. The van der Waals surface area contributed by atoms with Gasteiger partial charge in [-0.05, 0) is 68.2 Å². The van der Waals surface area contributed by atoms with E-state index < -0.39 is 27.1 Å². The maximum absolute atomic E-state index is 13.7. The fourth-order valence-corrected chi connectivity index (χ4v) is 9.52. The van der Waals surface area contributed by atoms with Crippen molar-refractivity contribution in [2.75, 3.05) is 27.2 Å². The second-order valence-corrected chi connectivity index (χ2v) is 13.9. The van der Waals surface area contributed by atoms with E-state index in [9.17, 15) is 13.5 Å². The highest BCUT2D eigenvalue weighted by Crippen LogP contribution is 2.66. The zero-order chi connectivity index (χ0) is 25.6. The third-order valence-corrected chi connectivity index (χ3v) is 11.9. The predicted molar refractivity (Wildman–Crippen MR) is 140 cm³/mol. The van der Waals surface area contributed by atoms with E-state index in [2.05, 4.69) is 11.0 Å². The molecule has 0 amide bonds. The molecule has 1 N–H and O–H groups in total. The second kappa shape index (κ2) is 8.18. The number of ether oxygens (including phenoxy) is 2. The number of rotatable bonds is 7. The molecule has 1 saturated heterocycles. The first-order valence-electron chi connectivity index (χ1n) is 13.6. The van der Waals surface area contributed by atoms with Gasteiger partial charge in [0.15, 0.2) is 11.5 Å². The van der Waals surface area contributed by atoms with Gasteiger partial charge >= 0.3 is 0 Å². The van der Waals surface area contributed by atoms with Crippen LogP contribution in [-0.2, 0) is 27.6 Å². The van der Waals surface area contributed by atoms with Crippen LogP contribution in [0.3, 0.4) is 0 Å². The summed E-state index contributed by atoms with van der Waals surface area (Å²) in [7, 11) is -0.267. The quantitative estimate of drug-likeness (QED) is 0.600. The lowest BCUT2D eigenvalue weighted by Gasteiger charge is -2.64. The summed E-state index contributed by atoms with van der Waals surface area (Å²) in [5.74, 6) is 2.06. The van der Waals surface area contributed by atoms with E-state index in [0.29, 0.717) is 24.3 Å². The number of benzene rings is 2. The first-order chi connectivity index (χ1) is 17.8. The summed E-state index contributed by atoms with van der Waals surface area (Å²) >= 11 is 0. The summed E-state index contributed by atoms with van der Waals surface area (Å²) in [4.78, 5) is 2.53. The lowest BCUT2D eigenvalue weighted by atomic mass is 9.48. The molecule has 2 aromatic carbocycles. The van der Waals surface area contributed by atoms with Crippen molar-refractivity contribution in [1.29, 1.82) is 0 Å². The van der Waals surface area contributed by atoms with Gasteiger partial charge in [0, 0.05) is 25.2 Å². The van der Waals surface area contributed by atoms with Crippen molar-refractivity contribution in [3.63, 3.8) is 0 Å². The number of likely N-dealkylation sites (N-methyl/N-ethyl adjacent to an activating group) is 1. The van der Waals surface area contributed by atoms with Crippen molar-refractivity contribution in [3.8, 4) is 11.5 Å². The molecular formula is C29H36N2O5S. The Labute approximate surface area is 219 Å². The maximum atomic E-state index is 13.7.